The second-order valence-corrected chi connectivity index (χ2v) is 5.61. The van der Waals surface area contributed by atoms with Crippen LogP contribution >= 0.6 is 15.9 Å². The zero-order valence-electron chi connectivity index (χ0n) is 12.1. The molecule has 0 aliphatic carbocycles. The van der Waals surface area contributed by atoms with Crippen molar-refractivity contribution in [1.29, 1.82) is 0 Å². The molecule has 0 aliphatic heterocycles. The standard InChI is InChI=1S/C14H20BrN5O/c1-2-3-9-20-14(21)13(15)11(10-19-20)16-6-4-5-12-17-7-8-18-12/h7-8,10,16H,2-6,9H2,1H3,(H,17,18). The summed E-state index contributed by atoms with van der Waals surface area (Å²) in [4.78, 5) is 19.4. The maximum absolute atomic E-state index is 12.1. The van der Waals surface area contributed by atoms with Crippen molar-refractivity contribution in [1.82, 2.24) is 19.7 Å². The molecule has 2 aromatic heterocycles. The lowest BCUT2D eigenvalue weighted by Gasteiger charge is -2.10. The van der Waals surface area contributed by atoms with Crippen LogP contribution in [-0.4, -0.2) is 26.3 Å². The van der Waals surface area contributed by atoms with Gasteiger partial charge in [0.15, 0.2) is 0 Å². The highest BCUT2D eigenvalue weighted by Crippen LogP contribution is 2.16. The van der Waals surface area contributed by atoms with Crippen LogP contribution in [0.4, 0.5) is 5.69 Å². The monoisotopic (exact) mass is 353 g/mol. The Kier molecular flexibility index (Phi) is 5.98. The van der Waals surface area contributed by atoms with E-state index in [-0.39, 0.29) is 5.56 Å². The first-order valence-electron chi connectivity index (χ1n) is 7.20. The van der Waals surface area contributed by atoms with Gasteiger partial charge in [0.2, 0.25) is 0 Å². The van der Waals surface area contributed by atoms with Gasteiger partial charge < -0.3 is 10.3 Å². The number of aromatic amines is 1. The Labute approximate surface area is 132 Å². The van der Waals surface area contributed by atoms with Crippen LogP contribution in [0.1, 0.15) is 32.0 Å². The van der Waals surface area contributed by atoms with Crippen molar-refractivity contribution in [2.75, 3.05) is 11.9 Å². The van der Waals surface area contributed by atoms with Gasteiger partial charge in [-0.05, 0) is 28.8 Å². The normalized spacial score (nSPS) is 10.8. The molecular weight excluding hydrogens is 334 g/mol. The van der Waals surface area contributed by atoms with E-state index in [2.05, 4.69) is 43.2 Å². The molecule has 0 saturated heterocycles. The predicted octanol–water partition coefficient (Wildman–Crippen LogP) is 2.57. The molecule has 114 valence electrons. The Bertz CT molecular complexity index is 608. The number of nitrogens with one attached hydrogen (secondary N) is 2. The molecule has 0 aromatic carbocycles. The van der Waals surface area contributed by atoms with E-state index in [1.54, 1.807) is 12.4 Å². The number of rotatable bonds is 8. The number of imidazole rings is 1. The fourth-order valence-corrected chi connectivity index (χ4v) is 2.42. The van der Waals surface area contributed by atoms with Gasteiger partial charge in [0.25, 0.3) is 5.56 Å². The topological polar surface area (TPSA) is 75.6 Å². The highest BCUT2D eigenvalue weighted by atomic mass is 79.9. The van der Waals surface area contributed by atoms with E-state index in [9.17, 15) is 4.79 Å². The van der Waals surface area contributed by atoms with Gasteiger partial charge in [0.05, 0.1) is 11.9 Å². The minimum absolute atomic E-state index is 0.0838. The fourth-order valence-electron chi connectivity index (χ4n) is 1.97. The van der Waals surface area contributed by atoms with Crippen molar-refractivity contribution >= 4 is 21.6 Å². The van der Waals surface area contributed by atoms with Gasteiger partial charge in [-0.2, -0.15) is 5.10 Å². The second kappa shape index (κ2) is 7.97. The van der Waals surface area contributed by atoms with Crippen LogP contribution in [0.2, 0.25) is 0 Å². The van der Waals surface area contributed by atoms with E-state index >= 15 is 0 Å². The zero-order valence-corrected chi connectivity index (χ0v) is 13.7. The molecule has 0 aliphatic rings. The number of halogens is 1. The third kappa shape index (κ3) is 4.42. The molecule has 2 N–H and O–H groups in total. The lowest BCUT2D eigenvalue weighted by Crippen LogP contribution is -2.24. The van der Waals surface area contributed by atoms with E-state index < -0.39 is 0 Å². The zero-order chi connectivity index (χ0) is 15.1. The Morgan fingerprint density at radius 1 is 1.43 bits per heavy atom. The van der Waals surface area contributed by atoms with Gasteiger partial charge in [-0.15, -0.1) is 0 Å². The second-order valence-electron chi connectivity index (χ2n) is 4.82. The maximum Gasteiger partial charge on any atom is 0.283 e. The highest BCUT2D eigenvalue weighted by molar-refractivity contribution is 9.10. The van der Waals surface area contributed by atoms with Crippen LogP contribution < -0.4 is 10.9 Å². The molecule has 0 unspecified atom stereocenters. The summed E-state index contributed by atoms with van der Waals surface area (Å²) >= 11 is 3.36. The van der Waals surface area contributed by atoms with E-state index in [0.29, 0.717) is 11.0 Å². The van der Waals surface area contributed by atoms with Crippen molar-refractivity contribution in [3.8, 4) is 0 Å². The maximum atomic E-state index is 12.1. The Morgan fingerprint density at radius 3 is 3.00 bits per heavy atom. The van der Waals surface area contributed by atoms with Gasteiger partial charge in [-0.25, -0.2) is 9.67 Å². The number of unbranched alkanes of at least 4 members (excludes halogenated alkanes) is 1. The Balaban J connectivity index is 1.88. The number of nitrogens with zero attached hydrogens (tertiary/aromatic N) is 3. The summed E-state index contributed by atoms with van der Waals surface area (Å²) < 4.78 is 2.05. The number of hydrogen-bond donors (Lipinski definition) is 2. The lowest BCUT2D eigenvalue weighted by atomic mass is 10.3. The first kappa shape index (κ1) is 15.8. The summed E-state index contributed by atoms with van der Waals surface area (Å²) in [5, 5.41) is 7.43. The third-order valence-electron chi connectivity index (χ3n) is 3.17. The van der Waals surface area contributed by atoms with Gasteiger partial charge in [-0.1, -0.05) is 13.3 Å². The largest absolute Gasteiger partial charge is 0.383 e. The number of aromatic nitrogens is 4. The summed E-state index contributed by atoms with van der Waals surface area (Å²) in [7, 11) is 0. The summed E-state index contributed by atoms with van der Waals surface area (Å²) in [6.07, 6.45) is 9.07. The SMILES string of the molecule is CCCCn1ncc(NCCCc2ncc[nH]2)c(Br)c1=O. The molecule has 7 heteroatoms. The molecule has 21 heavy (non-hydrogen) atoms. The number of anilines is 1. The van der Waals surface area contributed by atoms with Gasteiger partial charge in [0, 0.05) is 31.9 Å². The van der Waals surface area contributed by atoms with Gasteiger partial charge in [0.1, 0.15) is 10.3 Å². The lowest BCUT2D eigenvalue weighted by molar-refractivity contribution is 0.541. The molecule has 0 amide bonds. The average Bonchev–Trinajstić information content (AvgIpc) is 3.00. The summed E-state index contributed by atoms with van der Waals surface area (Å²) in [6.45, 7) is 3.52. The Morgan fingerprint density at radius 2 is 2.29 bits per heavy atom. The first-order valence-corrected chi connectivity index (χ1v) is 7.99. The van der Waals surface area contributed by atoms with Crippen LogP contribution in [0.15, 0.2) is 27.9 Å². The summed E-state index contributed by atoms with van der Waals surface area (Å²) in [5.41, 5.74) is 0.659. The molecule has 0 bridgehead atoms. The Hall–Kier alpha value is -1.63. The summed E-state index contributed by atoms with van der Waals surface area (Å²) in [6, 6.07) is 0. The van der Waals surface area contributed by atoms with Gasteiger partial charge in [-0.3, -0.25) is 4.79 Å². The molecule has 2 rings (SSSR count). The number of hydrogen-bond acceptors (Lipinski definition) is 4. The number of H-pyrrole nitrogens is 1. The molecule has 0 saturated carbocycles. The van der Waals surface area contributed by atoms with Crippen molar-refractivity contribution < 1.29 is 0 Å². The molecule has 0 atom stereocenters. The molecule has 0 fully saturated rings. The van der Waals surface area contributed by atoms with Crippen LogP contribution in [-0.2, 0) is 13.0 Å². The number of aryl methyl sites for hydroxylation is 2. The average molecular weight is 354 g/mol. The van der Waals surface area contributed by atoms with E-state index in [1.165, 1.54) is 4.68 Å². The molecule has 6 nitrogen and oxygen atoms in total. The summed E-state index contributed by atoms with van der Waals surface area (Å²) in [5.74, 6) is 0.976. The van der Waals surface area contributed by atoms with Crippen LogP contribution in [0, 0.1) is 0 Å². The van der Waals surface area contributed by atoms with Crippen LogP contribution in [0.3, 0.4) is 0 Å². The van der Waals surface area contributed by atoms with E-state index in [1.807, 2.05) is 6.20 Å². The fraction of sp³-hybridized carbons (Fsp3) is 0.500. The minimum Gasteiger partial charge on any atom is -0.383 e. The first-order chi connectivity index (χ1) is 10.2. The van der Waals surface area contributed by atoms with E-state index in [0.717, 1.165) is 43.7 Å². The van der Waals surface area contributed by atoms with Crippen molar-refractivity contribution in [3.05, 3.63) is 39.2 Å². The van der Waals surface area contributed by atoms with Crippen LogP contribution in [0.25, 0.3) is 0 Å². The van der Waals surface area contributed by atoms with Crippen LogP contribution in [0.5, 0.6) is 0 Å². The van der Waals surface area contributed by atoms with Crippen molar-refractivity contribution in [3.63, 3.8) is 0 Å². The minimum atomic E-state index is -0.0838. The molecule has 0 spiro atoms. The van der Waals surface area contributed by atoms with E-state index in [4.69, 9.17) is 0 Å². The van der Waals surface area contributed by atoms with Crippen molar-refractivity contribution in [2.24, 2.45) is 0 Å². The predicted molar refractivity (Wildman–Crippen MR) is 86.5 cm³/mol. The van der Waals surface area contributed by atoms with Crippen molar-refractivity contribution in [2.45, 2.75) is 39.2 Å². The third-order valence-corrected chi connectivity index (χ3v) is 3.94. The molecule has 0 radical (unpaired) electrons. The molecular formula is C14H20BrN5O. The molecule has 2 aromatic rings. The molecule has 2 heterocycles. The highest BCUT2D eigenvalue weighted by Gasteiger charge is 2.08. The smallest absolute Gasteiger partial charge is 0.283 e. The van der Waals surface area contributed by atoms with Gasteiger partial charge >= 0.3 is 0 Å². The quantitative estimate of drug-likeness (QED) is 0.715.